The molecule has 2 aliphatic rings. The summed E-state index contributed by atoms with van der Waals surface area (Å²) in [4.78, 5) is 42.7. The lowest BCUT2D eigenvalue weighted by atomic mass is 9.82. The fourth-order valence-electron chi connectivity index (χ4n) is 4.83. The van der Waals surface area contributed by atoms with Crippen molar-refractivity contribution in [1.29, 1.82) is 0 Å². The minimum Gasteiger partial charge on any atom is -0.337 e. The molecule has 1 N–H and O–H groups in total. The average Bonchev–Trinajstić information content (AvgIpc) is 2.74. The number of nitrogens with one attached hydrogen (secondary N) is 1. The maximum atomic E-state index is 13.1. The second-order valence-electron chi connectivity index (χ2n) is 8.38. The first-order chi connectivity index (χ1) is 14.5. The molecule has 152 valence electrons. The van der Waals surface area contributed by atoms with Crippen LogP contribution in [0.15, 0.2) is 64.2 Å². The molecule has 0 unspecified atom stereocenters. The number of piperidine rings is 1. The molecular weight excluding hydrogens is 378 g/mol. The van der Waals surface area contributed by atoms with Gasteiger partial charge >= 0.3 is 0 Å². The highest BCUT2D eigenvalue weighted by atomic mass is 16.2. The lowest BCUT2D eigenvalue weighted by molar-refractivity contribution is 0.0593. The van der Waals surface area contributed by atoms with Gasteiger partial charge in [0.15, 0.2) is 0 Å². The van der Waals surface area contributed by atoms with Crippen LogP contribution in [-0.4, -0.2) is 33.4 Å². The van der Waals surface area contributed by atoms with Crippen LogP contribution in [0.5, 0.6) is 0 Å². The third-order valence-electron chi connectivity index (χ3n) is 6.24. The number of aryl methyl sites for hydroxylation is 1. The molecule has 1 saturated heterocycles. The van der Waals surface area contributed by atoms with E-state index < -0.39 is 0 Å². The number of carbonyl (C=O) groups is 1. The molecule has 1 fully saturated rings. The third-order valence-corrected chi connectivity index (χ3v) is 6.24. The number of amides is 1. The van der Waals surface area contributed by atoms with Crippen LogP contribution in [0.4, 0.5) is 0 Å². The molecule has 6 heteroatoms. The van der Waals surface area contributed by atoms with Crippen molar-refractivity contribution in [1.82, 2.24) is 14.5 Å². The van der Waals surface area contributed by atoms with E-state index in [2.05, 4.69) is 11.1 Å². The van der Waals surface area contributed by atoms with Crippen molar-refractivity contribution in [2.24, 2.45) is 5.92 Å². The number of nitrogens with zero attached hydrogens (tertiary/aromatic N) is 2. The van der Waals surface area contributed by atoms with E-state index >= 15 is 0 Å². The number of aromatic nitrogens is 2. The monoisotopic (exact) mass is 401 g/mol. The van der Waals surface area contributed by atoms with Crippen LogP contribution in [0.1, 0.15) is 34.1 Å². The molecule has 0 radical (unpaired) electrons. The molecule has 0 saturated carbocycles. The fourth-order valence-corrected chi connectivity index (χ4v) is 4.83. The lowest BCUT2D eigenvalue weighted by Crippen LogP contribution is -2.49. The van der Waals surface area contributed by atoms with Gasteiger partial charge in [-0.3, -0.25) is 14.4 Å². The Bertz CT molecular complexity index is 1240. The van der Waals surface area contributed by atoms with E-state index in [9.17, 15) is 14.4 Å². The van der Waals surface area contributed by atoms with Gasteiger partial charge in [-0.1, -0.05) is 30.3 Å². The van der Waals surface area contributed by atoms with Crippen LogP contribution < -0.4 is 11.1 Å². The third kappa shape index (κ3) is 3.18. The second kappa shape index (κ2) is 7.13. The summed E-state index contributed by atoms with van der Waals surface area (Å²) >= 11 is 0. The van der Waals surface area contributed by atoms with Gasteiger partial charge in [-0.2, -0.15) is 0 Å². The molecule has 0 aliphatic carbocycles. The topological polar surface area (TPSA) is 75.2 Å². The molecule has 30 heavy (non-hydrogen) atoms. The molecule has 6 nitrogen and oxygen atoms in total. The summed E-state index contributed by atoms with van der Waals surface area (Å²) in [7, 11) is 0. The predicted octanol–water partition coefficient (Wildman–Crippen LogP) is 2.77. The molecule has 2 aromatic heterocycles. The van der Waals surface area contributed by atoms with Crippen molar-refractivity contribution >= 4 is 5.91 Å². The summed E-state index contributed by atoms with van der Waals surface area (Å²) < 4.78 is 1.87. The van der Waals surface area contributed by atoms with E-state index in [0.717, 1.165) is 28.9 Å². The smallest absolute Gasteiger partial charge is 0.260 e. The van der Waals surface area contributed by atoms with Gasteiger partial charge < -0.3 is 14.5 Å². The largest absolute Gasteiger partial charge is 0.337 e. The van der Waals surface area contributed by atoms with Gasteiger partial charge in [0.2, 0.25) is 0 Å². The number of fused-ring (bicyclic) bond motifs is 4. The van der Waals surface area contributed by atoms with Crippen LogP contribution in [-0.2, 0) is 6.54 Å². The van der Waals surface area contributed by atoms with Crippen LogP contribution in [0, 0.1) is 12.8 Å². The van der Waals surface area contributed by atoms with E-state index in [4.69, 9.17) is 0 Å². The van der Waals surface area contributed by atoms with E-state index in [1.54, 1.807) is 30.0 Å². The molecule has 1 amide bonds. The van der Waals surface area contributed by atoms with Crippen LogP contribution in [0.2, 0.25) is 0 Å². The number of carbonyl (C=O) groups excluding carboxylic acids is 1. The lowest BCUT2D eigenvalue weighted by Gasteiger charge is -2.42. The van der Waals surface area contributed by atoms with E-state index in [0.29, 0.717) is 19.6 Å². The van der Waals surface area contributed by atoms with Crippen molar-refractivity contribution < 1.29 is 4.79 Å². The molecule has 3 aromatic rings. The van der Waals surface area contributed by atoms with Gasteiger partial charge in [0.05, 0.1) is 0 Å². The van der Waals surface area contributed by atoms with Crippen molar-refractivity contribution in [3.63, 3.8) is 0 Å². The van der Waals surface area contributed by atoms with Crippen molar-refractivity contribution in [2.75, 3.05) is 13.1 Å². The summed E-state index contributed by atoms with van der Waals surface area (Å²) in [6.45, 7) is 3.48. The standard InChI is InChI=1S/C24H23N3O3/c1-15-7-8-20(23(29)25-15)24(30)26-12-16-9-19(14-26)21-10-18(11-22(28)27(21)13-16)17-5-3-2-4-6-17/h2-8,10-11,16,19H,9,12-14H2,1H3,(H,25,29)/t16-,19+/m0/s1. The Hall–Kier alpha value is -3.41. The average molecular weight is 401 g/mol. The first kappa shape index (κ1) is 18.6. The molecule has 1 aromatic carbocycles. The molecule has 5 rings (SSSR count). The van der Waals surface area contributed by atoms with Gasteiger partial charge in [-0.05, 0) is 48.6 Å². The highest BCUT2D eigenvalue weighted by molar-refractivity contribution is 5.94. The van der Waals surface area contributed by atoms with Crippen LogP contribution in [0.3, 0.4) is 0 Å². The van der Waals surface area contributed by atoms with E-state index in [1.165, 1.54) is 0 Å². The van der Waals surface area contributed by atoms with Gasteiger partial charge in [0, 0.05) is 43.0 Å². The number of likely N-dealkylation sites (tertiary alicyclic amines) is 1. The Labute approximate surface area is 173 Å². The highest BCUT2D eigenvalue weighted by Gasteiger charge is 2.37. The van der Waals surface area contributed by atoms with Crippen molar-refractivity contribution in [3.8, 4) is 11.1 Å². The maximum Gasteiger partial charge on any atom is 0.260 e. The minimum atomic E-state index is -0.348. The quantitative estimate of drug-likeness (QED) is 0.718. The molecule has 2 bridgehead atoms. The predicted molar refractivity (Wildman–Crippen MR) is 115 cm³/mol. The minimum absolute atomic E-state index is 0.0100. The number of rotatable bonds is 2. The summed E-state index contributed by atoms with van der Waals surface area (Å²) in [5, 5.41) is 0. The zero-order valence-corrected chi connectivity index (χ0v) is 16.8. The Balaban J connectivity index is 1.49. The molecule has 2 atom stereocenters. The first-order valence-electron chi connectivity index (χ1n) is 10.3. The summed E-state index contributed by atoms with van der Waals surface area (Å²) in [6.07, 6.45) is 0.950. The fraction of sp³-hybridized carbons (Fsp3) is 0.292. The van der Waals surface area contributed by atoms with Gasteiger partial charge in [0.1, 0.15) is 5.56 Å². The SMILES string of the molecule is Cc1ccc(C(=O)N2C[C@@H]3C[C@H](C2)c2cc(-c4ccccc4)cc(=O)n2C3)c(=O)[nH]1. The van der Waals surface area contributed by atoms with Crippen LogP contribution in [0.25, 0.3) is 11.1 Å². The van der Waals surface area contributed by atoms with E-state index in [1.807, 2.05) is 34.9 Å². The van der Waals surface area contributed by atoms with Gasteiger partial charge in [-0.15, -0.1) is 0 Å². The molecular formula is C24H23N3O3. The summed E-state index contributed by atoms with van der Waals surface area (Å²) in [5.41, 5.74) is 3.46. The number of hydrogen-bond acceptors (Lipinski definition) is 3. The van der Waals surface area contributed by atoms with Crippen LogP contribution >= 0.6 is 0 Å². The zero-order valence-electron chi connectivity index (χ0n) is 16.8. The molecule has 0 spiro atoms. The normalized spacial score (nSPS) is 20.0. The number of benzene rings is 1. The van der Waals surface area contributed by atoms with Crippen molar-refractivity contribution in [3.05, 3.63) is 92.3 Å². The summed E-state index contributed by atoms with van der Waals surface area (Å²) in [5.74, 6) is 0.0632. The Kier molecular flexibility index (Phi) is 4.42. The molecule has 4 heterocycles. The second-order valence-corrected chi connectivity index (χ2v) is 8.38. The summed E-state index contributed by atoms with van der Waals surface area (Å²) in [6, 6.07) is 17.0. The Morgan fingerprint density at radius 2 is 1.77 bits per heavy atom. The van der Waals surface area contributed by atoms with Gasteiger partial charge in [0.25, 0.3) is 17.0 Å². The van der Waals surface area contributed by atoms with E-state index in [-0.39, 0.29) is 34.4 Å². The first-order valence-corrected chi connectivity index (χ1v) is 10.3. The number of H-pyrrole nitrogens is 1. The van der Waals surface area contributed by atoms with Crippen molar-refractivity contribution in [2.45, 2.75) is 25.8 Å². The molecule has 2 aliphatic heterocycles. The number of pyridine rings is 2. The highest BCUT2D eigenvalue weighted by Crippen LogP contribution is 2.36. The maximum absolute atomic E-state index is 13.1. The Morgan fingerprint density at radius 3 is 2.53 bits per heavy atom. The number of hydrogen-bond donors (Lipinski definition) is 1. The van der Waals surface area contributed by atoms with Gasteiger partial charge in [-0.25, -0.2) is 0 Å². The number of aromatic amines is 1. The Morgan fingerprint density at radius 1 is 0.967 bits per heavy atom. The zero-order chi connectivity index (χ0) is 20.8.